The third-order valence-corrected chi connectivity index (χ3v) is 4.34. The van der Waals surface area contributed by atoms with Gasteiger partial charge in [0.15, 0.2) is 0 Å². The molecular weight excluding hydrogens is 240 g/mol. The average molecular weight is 260 g/mol. The Hall–Kier alpha value is -1.39. The van der Waals surface area contributed by atoms with E-state index in [9.17, 15) is 4.79 Å². The number of amides is 1. The van der Waals surface area contributed by atoms with E-state index in [1.165, 1.54) is 25.9 Å². The number of hydrogen-bond acceptors (Lipinski definition) is 3. The maximum atomic E-state index is 12.2. The topological polar surface area (TPSA) is 52.6 Å². The summed E-state index contributed by atoms with van der Waals surface area (Å²) in [6.45, 7) is 3.31. The molecule has 0 aromatic heterocycles. The maximum Gasteiger partial charge on any atom is 0.251 e. The molecular formula is C15H20N2O2. The zero-order valence-electron chi connectivity index (χ0n) is 11.0. The molecule has 0 spiro atoms. The highest BCUT2D eigenvalue weighted by molar-refractivity contribution is 5.94. The molecule has 4 heteroatoms. The minimum atomic E-state index is -0.0268. The largest absolute Gasteiger partial charge is 0.392 e. The van der Waals surface area contributed by atoms with Gasteiger partial charge in [-0.1, -0.05) is 12.1 Å². The summed E-state index contributed by atoms with van der Waals surface area (Å²) >= 11 is 0. The van der Waals surface area contributed by atoms with Crippen LogP contribution in [0.3, 0.4) is 0 Å². The highest BCUT2D eigenvalue weighted by atomic mass is 16.3. The van der Waals surface area contributed by atoms with Gasteiger partial charge < -0.3 is 15.3 Å². The SMILES string of the molecule is O=C(NC1CN2CCC1CC2)c1cccc(CO)c1. The zero-order chi connectivity index (χ0) is 13.2. The summed E-state index contributed by atoms with van der Waals surface area (Å²) in [4.78, 5) is 14.7. The van der Waals surface area contributed by atoms with Crippen LogP contribution in [-0.2, 0) is 6.61 Å². The molecule has 1 atom stereocenters. The number of nitrogens with zero attached hydrogens (tertiary/aromatic N) is 1. The lowest BCUT2D eigenvalue weighted by Crippen LogP contribution is -2.57. The Labute approximate surface area is 113 Å². The number of hydrogen-bond donors (Lipinski definition) is 2. The zero-order valence-corrected chi connectivity index (χ0v) is 11.0. The van der Waals surface area contributed by atoms with Crippen LogP contribution in [-0.4, -0.2) is 41.6 Å². The summed E-state index contributed by atoms with van der Waals surface area (Å²) in [6.07, 6.45) is 2.39. The Morgan fingerprint density at radius 1 is 1.37 bits per heavy atom. The van der Waals surface area contributed by atoms with E-state index < -0.39 is 0 Å². The molecule has 4 nitrogen and oxygen atoms in total. The van der Waals surface area contributed by atoms with Crippen LogP contribution in [0.5, 0.6) is 0 Å². The highest BCUT2D eigenvalue weighted by Gasteiger charge is 2.34. The van der Waals surface area contributed by atoms with Crippen molar-refractivity contribution in [1.29, 1.82) is 0 Å². The van der Waals surface area contributed by atoms with E-state index in [4.69, 9.17) is 5.11 Å². The van der Waals surface area contributed by atoms with Crippen molar-refractivity contribution >= 4 is 5.91 Å². The summed E-state index contributed by atoms with van der Waals surface area (Å²) in [5.74, 6) is 0.615. The Balaban J connectivity index is 1.67. The summed E-state index contributed by atoms with van der Waals surface area (Å²) < 4.78 is 0. The van der Waals surface area contributed by atoms with Crippen LogP contribution in [0.4, 0.5) is 0 Å². The number of aliphatic hydroxyl groups excluding tert-OH is 1. The van der Waals surface area contributed by atoms with Gasteiger partial charge >= 0.3 is 0 Å². The van der Waals surface area contributed by atoms with Crippen molar-refractivity contribution in [2.75, 3.05) is 19.6 Å². The minimum Gasteiger partial charge on any atom is -0.392 e. The molecule has 1 aromatic carbocycles. The Morgan fingerprint density at radius 3 is 2.79 bits per heavy atom. The van der Waals surface area contributed by atoms with Gasteiger partial charge in [0.2, 0.25) is 0 Å². The molecule has 0 radical (unpaired) electrons. The number of carbonyl (C=O) groups is 1. The number of fused-ring (bicyclic) bond motifs is 3. The molecule has 0 saturated carbocycles. The van der Waals surface area contributed by atoms with Crippen molar-refractivity contribution in [3.8, 4) is 0 Å². The fraction of sp³-hybridized carbons (Fsp3) is 0.533. The van der Waals surface area contributed by atoms with Crippen molar-refractivity contribution in [3.05, 3.63) is 35.4 Å². The number of rotatable bonds is 3. The predicted molar refractivity (Wildman–Crippen MR) is 72.8 cm³/mol. The lowest BCUT2D eigenvalue weighted by Gasteiger charge is -2.44. The van der Waals surface area contributed by atoms with Gasteiger partial charge in [0.25, 0.3) is 5.91 Å². The van der Waals surface area contributed by atoms with E-state index >= 15 is 0 Å². The number of aliphatic hydroxyl groups is 1. The molecule has 0 aliphatic carbocycles. The minimum absolute atomic E-state index is 0.0194. The van der Waals surface area contributed by atoms with Crippen molar-refractivity contribution in [3.63, 3.8) is 0 Å². The van der Waals surface area contributed by atoms with E-state index in [0.29, 0.717) is 11.5 Å². The second-order valence-corrected chi connectivity index (χ2v) is 5.58. The molecule has 2 bridgehead atoms. The van der Waals surface area contributed by atoms with E-state index in [0.717, 1.165) is 12.1 Å². The van der Waals surface area contributed by atoms with Gasteiger partial charge in [-0.25, -0.2) is 0 Å². The van der Waals surface area contributed by atoms with Gasteiger partial charge in [-0.2, -0.15) is 0 Å². The predicted octanol–water partition coefficient (Wildman–Crippen LogP) is 1.00. The quantitative estimate of drug-likeness (QED) is 0.852. The first-order chi connectivity index (χ1) is 9.26. The van der Waals surface area contributed by atoms with Crippen LogP contribution in [0.25, 0.3) is 0 Å². The highest BCUT2D eigenvalue weighted by Crippen LogP contribution is 2.27. The van der Waals surface area contributed by atoms with Gasteiger partial charge in [-0.05, 0) is 49.5 Å². The fourth-order valence-electron chi connectivity index (χ4n) is 3.19. The van der Waals surface area contributed by atoms with Gasteiger partial charge in [0, 0.05) is 18.2 Å². The Kier molecular flexibility index (Phi) is 3.53. The molecule has 1 aromatic rings. The van der Waals surface area contributed by atoms with Crippen LogP contribution in [0.2, 0.25) is 0 Å². The van der Waals surface area contributed by atoms with Gasteiger partial charge in [0.05, 0.1) is 6.61 Å². The Bertz CT molecular complexity index is 467. The molecule has 4 rings (SSSR count). The first-order valence-electron chi connectivity index (χ1n) is 6.99. The van der Waals surface area contributed by atoms with Crippen LogP contribution >= 0.6 is 0 Å². The number of piperidine rings is 3. The Morgan fingerprint density at radius 2 is 2.16 bits per heavy atom. The smallest absolute Gasteiger partial charge is 0.251 e. The van der Waals surface area contributed by atoms with E-state index in [1.54, 1.807) is 12.1 Å². The molecule has 1 unspecified atom stereocenters. The third kappa shape index (κ3) is 2.65. The summed E-state index contributed by atoms with van der Waals surface area (Å²) in [5, 5.41) is 12.3. The van der Waals surface area contributed by atoms with Crippen LogP contribution in [0.1, 0.15) is 28.8 Å². The summed E-state index contributed by atoms with van der Waals surface area (Å²) in [5.41, 5.74) is 1.42. The normalized spacial score (nSPS) is 29.2. The van der Waals surface area contributed by atoms with E-state index in [2.05, 4.69) is 10.2 Å². The molecule has 102 valence electrons. The molecule has 3 saturated heterocycles. The van der Waals surface area contributed by atoms with Crippen molar-refractivity contribution in [2.24, 2.45) is 5.92 Å². The lowest BCUT2D eigenvalue weighted by atomic mass is 9.84. The molecule has 3 aliphatic rings. The molecule has 3 heterocycles. The standard InChI is InChI=1S/C15H20N2O2/c18-10-11-2-1-3-13(8-11)15(19)16-14-9-17-6-4-12(14)5-7-17/h1-3,8,12,14,18H,4-7,9-10H2,(H,16,19). The van der Waals surface area contributed by atoms with Crippen LogP contribution in [0.15, 0.2) is 24.3 Å². The first-order valence-corrected chi connectivity index (χ1v) is 6.99. The third-order valence-electron chi connectivity index (χ3n) is 4.34. The average Bonchev–Trinajstić information content (AvgIpc) is 2.48. The molecule has 1 amide bonds. The second kappa shape index (κ2) is 5.31. The van der Waals surface area contributed by atoms with Gasteiger partial charge in [0.1, 0.15) is 0 Å². The molecule has 19 heavy (non-hydrogen) atoms. The van der Waals surface area contributed by atoms with Crippen LogP contribution < -0.4 is 5.32 Å². The van der Waals surface area contributed by atoms with Crippen molar-refractivity contribution < 1.29 is 9.90 Å². The molecule has 3 fully saturated rings. The summed E-state index contributed by atoms with van der Waals surface area (Å²) in [6, 6.07) is 7.49. The van der Waals surface area contributed by atoms with Crippen molar-refractivity contribution in [1.82, 2.24) is 10.2 Å². The van der Waals surface area contributed by atoms with E-state index in [1.807, 2.05) is 12.1 Å². The van der Waals surface area contributed by atoms with Crippen LogP contribution in [0, 0.1) is 5.92 Å². The lowest BCUT2D eigenvalue weighted by molar-refractivity contribution is 0.0620. The fourth-order valence-corrected chi connectivity index (χ4v) is 3.19. The number of benzene rings is 1. The molecule has 3 aliphatic heterocycles. The van der Waals surface area contributed by atoms with E-state index in [-0.39, 0.29) is 18.6 Å². The van der Waals surface area contributed by atoms with Crippen molar-refractivity contribution in [2.45, 2.75) is 25.5 Å². The first kappa shape index (κ1) is 12.6. The second-order valence-electron chi connectivity index (χ2n) is 5.58. The van der Waals surface area contributed by atoms with Gasteiger partial charge in [-0.3, -0.25) is 4.79 Å². The number of nitrogens with one attached hydrogen (secondary N) is 1. The molecule has 2 N–H and O–H groups in total. The number of carbonyl (C=O) groups excluding carboxylic acids is 1. The monoisotopic (exact) mass is 260 g/mol. The van der Waals surface area contributed by atoms with Gasteiger partial charge in [-0.15, -0.1) is 0 Å². The summed E-state index contributed by atoms with van der Waals surface area (Å²) in [7, 11) is 0. The maximum absolute atomic E-state index is 12.2.